The number of carbonyl (C=O) groups is 1. The van der Waals surface area contributed by atoms with E-state index in [0.717, 1.165) is 12.2 Å². The highest BCUT2D eigenvalue weighted by Gasteiger charge is 2.33. The van der Waals surface area contributed by atoms with Crippen molar-refractivity contribution < 1.29 is 4.79 Å². The third-order valence-corrected chi connectivity index (χ3v) is 3.38. The molecule has 0 bridgehead atoms. The van der Waals surface area contributed by atoms with Crippen LogP contribution in [0.3, 0.4) is 0 Å². The summed E-state index contributed by atoms with van der Waals surface area (Å²) < 4.78 is 1.69. The average molecular weight is 236 g/mol. The van der Waals surface area contributed by atoms with E-state index in [-0.39, 0.29) is 5.91 Å². The Morgan fingerprint density at radius 3 is 2.76 bits per heavy atom. The first kappa shape index (κ1) is 12.0. The van der Waals surface area contributed by atoms with Gasteiger partial charge in [-0.1, -0.05) is 0 Å². The van der Waals surface area contributed by atoms with Gasteiger partial charge in [0.15, 0.2) is 0 Å². The number of carbonyl (C=O) groups excluding carboxylic acids is 1. The Labute approximate surface area is 101 Å². The van der Waals surface area contributed by atoms with Crippen LogP contribution in [0.25, 0.3) is 0 Å². The summed E-state index contributed by atoms with van der Waals surface area (Å²) in [6, 6.07) is 0. The number of amides is 1. The van der Waals surface area contributed by atoms with Crippen LogP contribution in [0.4, 0.5) is 5.69 Å². The standard InChI is InChI=1S/C12H20N4O/c1-8-10(13)7-15-16(8)12(2,3)11(17)14-6-9-4-5-9/h7,9H,4-6,13H2,1-3H3,(H,14,17). The lowest BCUT2D eigenvalue weighted by Crippen LogP contribution is -2.46. The number of aromatic nitrogens is 2. The Balaban J connectivity index is 2.10. The first-order valence-corrected chi connectivity index (χ1v) is 6.02. The van der Waals surface area contributed by atoms with E-state index >= 15 is 0 Å². The number of hydrogen-bond acceptors (Lipinski definition) is 3. The molecule has 0 radical (unpaired) electrons. The van der Waals surface area contributed by atoms with Crippen LogP contribution in [0.15, 0.2) is 6.20 Å². The van der Waals surface area contributed by atoms with Gasteiger partial charge in [0.1, 0.15) is 5.54 Å². The number of hydrogen-bond donors (Lipinski definition) is 2. The number of anilines is 1. The second kappa shape index (κ2) is 4.05. The zero-order chi connectivity index (χ0) is 12.6. The highest BCUT2D eigenvalue weighted by atomic mass is 16.2. The normalized spacial score (nSPS) is 15.9. The van der Waals surface area contributed by atoms with E-state index in [2.05, 4.69) is 10.4 Å². The molecule has 1 fully saturated rings. The van der Waals surface area contributed by atoms with E-state index in [4.69, 9.17) is 5.73 Å². The fourth-order valence-corrected chi connectivity index (χ4v) is 1.86. The van der Waals surface area contributed by atoms with Gasteiger partial charge in [-0.3, -0.25) is 9.48 Å². The molecule has 1 aromatic rings. The minimum atomic E-state index is -0.698. The summed E-state index contributed by atoms with van der Waals surface area (Å²) in [6.07, 6.45) is 4.05. The maximum Gasteiger partial charge on any atom is 0.247 e. The number of nitrogens with one attached hydrogen (secondary N) is 1. The first-order chi connectivity index (χ1) is 7.93. The fourth-order valence-electron chi connectivity index (χ4n) is 1.86. The zero-order valence-corrected chi connectivity index (χ0v) is 10.7. The van der Waals surface area contributed by atoms with E-state index in [1.807, 2.05) is 20.8 Å². The molecule has 0 spiro atoms. The van der Waals surface area contributed by atoms with Crippen LogP contribution < -0.4 is 11.1 Å². The van der Waals surface area contributed by atoms with Gasteiger partial charge in [-0.15, -0.1) is 0 Å². The zero-order valence-electron chi connectivity index (χ0n) is 10.7. The minimum absolute atomic E-state index is 0.00407. The first-order valence-electron chi connectivity index (χ1n) is 6.02. The quantitative estimate of drug-likeness (QED) is 0.820. The molecule has 1 heterocycles. The summed E-state index contributed by atoms with van der Waals surface area (Å²) in [4.78, 5) is 12.1. The maximum atomic E-state index is 12.1. The molecule has 1 amide bonds. The smallest absolute Gasteiger partial charge is 0.247 e. The summed E-state index contributed by atoms with van der Waals surface area (Å²) in [7, 11) is 0. The van der Waals surface area contributed by atoms with Crippen LogP contribution in [-0.2, 0) is 10.3 Å². The van der Waals surface area contributed by atoms with E-state index in [1.54, 1.807) is 10.9 Å². The van der Waals surface area contributed by atoms with Crippen molar-refractivity contribution in [3.8, 4) is 0 Å². The van der Waals surface area contributed by atoms with Crippen molar-refractivity contribution >= 4 is 11.6 Å². The summed E-state index contributed by atoms with van der Waals surface area (Å²) in [5.41, 5.74) is 6.51. The molecule has 1 aliphatic rings. The molecule has 3 N–H and O–H groups in total. The Kier molecular flexibility index (Phi) is 2.85. The molecule has 1 aliphatic carbocycles. The van der Waals surface area contributed by atoms with Gasteiger partial charge in [0.25, 0.3) is 0 Å². The van der Waals surface area contributed by atoms with Gasteiger partial charge in [0, 0.05) is 6.54 Å². The van der Waals surface area contributed by atoms with Crippen LogP contribution in [0.5, 0.6) is 0 Å². The number of nitrogens with zero attached hydrogens (tertiary/aromatic N) is 2. The molecule has 17 heavy (non-hydrogen) atoms. The molecule has 0 unspecified atom stereocenters. The molecule has 0 aliphatic heterocycles. The topological polar surface area (TPSA) is 72.9 Å². The molecule has 0 aromatic carbocycles. The van der Waals surface area contributed by atoms with Gasteiger partial charge in [0.2, 0.25) is 5.91 Å². The SMILES string of the molecule is Cc1c(N)cnn1C(C)(C)C(=O)NCC1CC1. The van der Waals surface area contributed by atoms with Crippen molar-refractivity contribution in [2.45, 2.75) is 39.2 Å². The van der Waals surface area contributed by atoms with Gasteiger partial charge in [0.05, 0.1) is 17.6 Å². The largest absolute Gasteiger partial charge is 0.396 e. The Hall–Kier alpha value is -1.52. The lowest BCUT2D eigenvalue weighted by Gasteiger charge is -2.25. The van der Waals surface area contributed by atoms with E-state index < -0.39 is 5.54 Å². The fraction of sp³-hybridized carbons (Fsp3) is 0.667. The average Bonchev–Trinajstić information content (AvgIpc) is 3.03. The van der Waals surface area contributed by atoms with E-state index in [0.29, 0.717) is 11.6 Å². The molecule has 1 saturated carbocycles. The van der Waals surface area contributed by atoms with Gasteiger partial charge >= 0.3 is 0 Å². The van der Waals surface area contributed by atoms with Crippen LogP contribution in [0.1, 0.15) is 32.4 Å². The van der Waals surface area contributed by atoms with Crippen molar-refractivity contribution in [1.29, 1.82) is 0 Å². The lowest BCUT2D eigenvalue weighted by atomic mass is 10.0. The van der Waals surface area contributed by atoms with Crippen molar-refractivity contribution in [1.82, 2.24) is 15.1 Å². The van der Waals surface area contributed by atoms with Crippen molar-refractivity contribution in [2.75, 3.05) is 12.3 Å². The number of nitrogen functional groups attached to an aromatic ring is 1. The predicted molar refractivity (Wildman–Crippen MR) is 66.4 cm³/mol. The highest BCUT2D eigenvalue weighted by molar-refractivity contribution is 5.83. The van der Waals surface area contributed by atoms with Crippen LogP contribution in [-0.4, -0.2) is 22.2 Å². The van der Waals surface area contributed by atoms with Crippen molar-refractivity contribution in [3.05, 3.63) is 11.9 Å². The van der Waals surface area contributed by atoms with Gasteiger partial charge in [-0.2, -0.15) is 5.10 Å². The summed E-state index contributed by atoms with van der Waals surface area (Å²) in [6.45, 7) is 6.36. The third kappa shape index (κ3) is 2.28. The molecule has 1 aromatic heterocycles. The molecule has 94 valence electrons. The Morgan fingerprint density at radius 1 is 1.65 bits per heavy atom. The molecule has 2 rings (SSSR count). The van der Waals surface area contributed by atoms with Crippen LogP contribution >= 0.6 is 0 Å². The van der Waals surface area contributed by atoms with Gasteiger partial charge < -0.3 is 11.1 Å². The second-order valence-corrected chi connectivity index (χ2v) is 5.31. The molecular formula is C12H20N4O. The summed E-state index contributed by atoms with van der Waals surface area (Å²) in [5.74, 6) is 0.675. The monoisotopic (exact) mass is 236 g/mol. The van der Waals surface area contributed by atoms with Crippen LogP contribution in [0, 0.1) is 12.8 Å². The van der Waals surface area contributed by atoms with Crippen LogP contribution in [0.2, 0.25) is 0 Å². The third-order valence-electron chi connectivity index (χ3n) is 3.38. The molecule has 0 atom stereocenters. The molecule has 0 saturated heterocycles. The second-order valence-electron chi connectivity index (χ2n) is 5.31. The highest BCUT2D eigenvalue weighted by Crippen LogP contribution is 2.28. The Morgan fingerprint density at radius 2 is 2.29 bits per heavy atom. The number of nitrogens with two attached hydrogens (primary N) is 1. The predicted octanol–water partition coefficient (Wildman–Crippen LogP) is 1.04. The minimum Gasteiger partial charge on any atom is -0.396 e. The molecular weight excluding hydrogens is 216 g/mol. The van der Waals surface area contributed by atoms with Gasteiger partial charge in [-0.05, 0) is 39.5 Å². The number of rotatable bonds is 4. The molecule has 5 nitrogen and oxygen atoms in total. The van der Waals surface area contributed by atoms with Crippen molar-refractivity contribution in [2.24, 2.45) is 5.92 Å². The maximum absolute atomic E-state index is 12.1. The Bertz CT molecular complexity index is 432. The van der Waals surface area contributed by atoms with E-state index in [9.17, 15) is 4.79 Å². The molecule has 5 heteroatoms. The summed E-state index contributed by atoms with van der Waals surface area (Å²) >= 11 is 0. The lowest BCUT2D eigenvalue weighted by molar-refractivity contribution is -0.128. The van der Waals surface area contributed by atoms with Crippen molar-refractivity contribution in [3.63, 3.8) is 0 Å². The summed E-state index contributed by atoms with van der Waals surface area (Å²) in [5, 5.41) is 7.16. The van der Waals surface area contributed by atoms with Gasteiger partial charge in [-0.25, -0.2) is 0 Å². The van der Waals surface area contributed by atoms with E-state index in [1.165, 1.54) is 12.8 Å².